The van der Waals surface area contributed by atoms with E-state index in [2.05, 4.69) is 0 Å². The molecule has 0 aliphatic rings. The fourth-order valence-electron chi connectivity index (χ4n) is 1.98. The molecule has 0 saturated heterocycles. The van der Waals surface area contributed by atoms with Gasteiger partial charge in [-0.05, 0) is 41.2 Å². The molecule has 25 heavy (non-hydrogen) atoms. The van der Waals surface area contributed by atoms with Crippen molar-refractivity contribution in [2.45, 2.75) is 59.8 Å². The van der Waals surface area contributed by atoms with Crippen LogP contribution in [-0.2, 0) is 0 Å². The first kappa shape index (κ1) is 23.2. The molecule has 0 amide bonds. The van der Waals surface area contributed by atoms with Crippen LogP contribution in [0.25, 0.3) is 0 Å². The molecule has 0 radical (unpaired) electrons. The molecule has 2 rings (SSSR count). The summed E-state index contributed by atoms with van der Waals surface area (Å²) < 4.78 is 49.6. The lowest BCUT2D eigenvalue weighted by Crippen LogP contribution is -1.93. The molecule has 2 aromatic rings. The van der Waals surface area contributed by atoms with Crippen LogP contribution in [0.1, 0.15) is 76.5 Å². The van der Waals surface area contributed by atoms with Gasteiger partial charge < -0.3 is 0 Å². The van der Waals surface area contributed by atoms with Gasteiger partial charge in [-0.15, -0.1) is 0 Å². The largest absolute Gasteiger partial charge is 0.263 e. The van der Waals surface area contributed by atoms with Gasteiger partial charge in [0, 0.05) is 5.56 Å². The van der Waals surface area contributed by atoms with E-state index in [9.17, 15) is 17.6 Å². The van der Waals surface area contributed by atoms with Gasteiger partial charge in [0.05, 0.1) is 0 Å². The minimum absolute atomic E-state index is 0.0331. The van der Waals surface area contributed by atoms with E-state index in [0.29, 0.717) is 11.5 Å². The zero-order valence-electron chi connectivity index (χ0n) is 15.8. The highest BCUT2D eigenvalue weighted by molar-refractivity contribution is 5.25. The SMILES string of the molecule is CC.CC(C)c1cc(F)ccc1F.CC(C)c1ccc(C(F)F)cc1. The molecule has 0 nitrogen and oxygen atoms in total. The minimum Gasteiger partial charge on any atom is -0.207 e. The molecule has 4 heteroatoms. The lowest BCUT2D eigenvalue weighted by Gasteiger charge is -2.05. The van der Waals surface area contributed by atoms with Crippen molar-refractivity contribution in [2.24, 2.45) is 0 Å². The van der Waals surface area contributed by atoms with Crippen LogP contribution in [0.4, 0.5) is 17.6 Å². The van der Waals surface area contributed by atoms with Gasteiger partial charge in [0.25, 0.3) is 6.43 Å². The maximum atomic E-state index is 12.9. The molecule has 0 atom stereocenters. The molecule has 0 N–H and O–H groups in total. The van der Waals surface area contributed by atoms with E-state index in [1.54, 1.807) is 12.1 Å². The van der Waals surface area contributed by atoms with Crippen molar-refractivity contribution in [1.29, 1.82) is 0 Å². The number of alkyl halides is 2. The van der Waals surface area contributed by atoms with Gasteiger partial charge in [0.1, 0.15) is 11.6 Å². The Hall–Kier alpha value is -1.84. The third-order valence-corrected chi connectivity index (χ3v) is 3.44. The van der Waals surface area contributed by atoms with E-state index in [4.69, 9.17) is 0 Å². The second kappa shape index (κ2) is 11.7. The minimum atomic E-state index is -2.36. The van der Waals surface area contributed by atoms with Crippen molar-refractivity contribution < 1.29 is 17.6 Å². The Bertz CT molecular complexity index is 575. The molecule has 0 unspecified atom stereocenters. The van der Waals surface area contributed by atoms with Crippen LogP contribution < -0.4 is 0 Å². The third-order valence-electron chi connectivity index (χ3n) is 3.44. The quantitative estimate of drug-likeness (QED) is 0.491. The maximum Gasteiger partial charge on any atom is 0.263 e. The van der Waals surface area contributed by atoms with Crippen molar-refractivity contribution in [2.75, 3.05) is 0 Å². The highest BCUT2D eigenvalue weighted by Gasteiger charge is 2.07. The predicted molar refractivity (Wildman–Crippen MR) is 97.3 cm³/mol. The Morgan fingerprint density at radius 1 is 0.680 bits per heavy atom. The molecule has 2 aromatic carbocycles. The summed E-state index contributed by atoms with van der Waals surface area (Å²) in [5.74, 6) is -0.279. The second-order valence-corrected chi connectivity index (χ2v) is 5.94. The zero-order chi connectivity index (χ0) is 19.6. The van der Waals surface area contributed by atoms with Crippen LogP contribution in [0.15, 0.2) is 42.5 Å². The van der Waals surface area contributed by atoms with Crippen LogP contribution in [0, 0.1) is 11.6 Å². The molecule has 0 spiro atoms. The monoisotopic (exact) mass is 356 g/mol. The molecule has 0 aliphatic carbocycles. The van der Waals surface area contributed by atoms with Gasteiger partial charge in [-0.25, -0.2) is 17.6 Å². The maximum absolute atomic E-state index is 12.9. The first-order valence-corrected chi connectivity index (χ1v) is 8.55. The molecule has 0 fully saturated rings. The van der Waals surface area contributed by atoms with Crippen LogP contribution in [0.3, 0.4) is 0 Å². The van der Waals surface area contributed by atoms with Gasteiger partial charge >= 0.3 is 0 Å². The first-order valence-electron chi connectivity index (χ1n) is 8.55. The normalized spacial score (nSPS) is 10.3. The highest BCUT2D eigenvalue weighted by Crippen LogP contribution is 2.21. The smallest absolute Gasteiger partial charge is 0.207 e. The summed E-state index contributed by atoms with van der Waals surface area (Å²) in [6.45, 7) is 11.7. The Morgan fingerprint density at radius 2 is 1.16 bits per heavy atom. The molecule has 0 heterocycles. The molecule has 0 aromatic heterocycles. The molecule has 0 saturated carbocycles. The van der Waals surface area contributed by atoms with E-state index in [0.717, 1.165) is 17.7 Å². The number of hydrogen-bond donors (Lipinski definition) is 0. The average Bonchev–Trinajstić information content (AvgIpc) is 2.59. The third kappa shape index (κ3) is 8.19. The summed E-state index contributed by atoms with van der Waals surface area (Å²) in [5.41, 5.74) is 1.63. The standard InChI is InChI=1S/C10H12F2.C9H10F2.C2H6/c1-7(2)8-3-5-9(6-4-8)10(11)12;1-6(2)8-5-7(10)3-4-9(8)11;1-2/h3-7,10H,1-2H3;3-6H,1-2H3;1-2H3. The predicted octanol–water partition coefficient (Wildman–Crippen LogP) is 7.86. The highest BCUT2D eigenvalue weighted by atomic mass is 19.3. The van der Waals surface area contributed by atoms with Crippen LogP contribution in [-0.4, -0.2) is 0 Å². The van der Waals surface area contributed by atoms with E-state index in [-0.39, 0.29) is 23.1 Å². The Kier molecular flexibility index (Phi) is 10.8. The second-order valence-electron chi connectivity index (χ2n) is 5.94. The molecular weight excluding hydrogens is 328 g/mol. The van der Waals surface area contributed by atoms with Crippen LogP contribution >= 0.6 is 0 Å². The van der Waals surface area contributed by atoms with Gasteiger partial charge in [-0.2, -0.15) is 0 Å². The van der Waals surface area contributed by atoms with Crippen molar-refractivity contribution in [1.82, 2.24) is 0 Å². The lowest BCUT2D eigenvalue weighted by molar-refractivity contribution is 0.151. The molecule has 140 valence electrons. The fraction of sp³-hybridized carbons (Fsp3) is 0.429. The van der Waals surface area contributed by atoms with E-state index in [1.165, 1.54) is 18.2 Å². The van der Waals surface area contributed by atoms with Crippen molar-refractivity contribution >= 4 is 0 Å². The lowest BCUT2D eigenvalue weighted by atomic mass is 10.0. The van der Waals surface area contributed by atoms with Crippen LogP contribution in [0.5, 0.6) is 0 Å². The number of benzene rings is 2. The zero-order valence-corrected chi connectivity index (χ0v) is 15.8. The molecule has 0 bridgehead atoms. The molecule has 0 aliphatic heterocycles. The summed E-state index contributed by atoms with van der Waals surface area (Å²) in [6, 6.07) is 10.0. The Morgan fingerprint density at radius 3 is 1.52 bits per heavy atom. The van der Waals surface area contributed by atoms with E-state index in [1.807, 2.05) is 41.5 Å². The summed E-state index contributed by atoms with van der Waals surface area (Å²) in [4.78, 5) is 0. The number of hydrogen-bond acceptors (Lipinski definition) is 0. The Labute approximate surface area is 148 Å². The van der Waals surface area contributed by atoms with Gasteiger partial charge in [-0.1, -0.05) is 65.8 Å². The van der Waals surface area contributed by atoms with Crippen LogP contribution in [0.2, 0.25) is 0 Å². The summed E-state index contributed by atoms with van der Waals surface area (Å²) in [5, 5.41) is 0. The number of rotatable bonds is 3. The van der Waals surface area contributed by atoms with Crippen molar-refractivity contribution in [3.8, 4) is 0 Å². The van der Waals surface area contributed by atoms with Crippen molar-refractivity contribution in [3.63, 3.8) is 0 Å². The van der Waals surface area contributed by atoms with Gasteiger partial charge in [0.15, 0.2) is 0 Å². The fourth-order valence-corrected chi connectivity index (χ4v) is 1.98. The molecular formula is C21H28F4. The van der Waals surface area contributed by atoms with Gasteiger partial charge in [-0.3, -0.25) is 0 Å². The van der Waals surface area contributed by atoms with Gasteiger partial charge in [0.2, 0.25) is 0 Å². The van der Waals surface area contributed by atoms with E-state index < -0.39 is 6.43 Å². The topological polar surface area (TPSA) is 0 Å². The number of halogens is 4. The van der Waals surface area contributed by atoms with Crippen molar-refractivity contribution in [3.05, 3.63) is 70.8 Å². The van der Waals surface area contributed by atoms with E-state index >= 15 is 0 Å². The first-order chi connectivity index (χ1) is 11.7. The summed E-state index contributed by atoms with van der Waals surface area (Å²) in [6.07, 6.45) is -2.36. The average molecular weight is 356 g/mol. The summed E-state index contributed by atoms with van der Waals surface area (Å²) >= 11 is 0. The summed E-state index contributed by atoms with van der Waals surface area (Å²) in [7, 11) is 0. The Balaban J connectivity index is 0.000000421.